The summed E-state index contributed by atoms with van der Waals surface area (Å²) >= 11 is 7.95. The van der Waals surface area contributed by atoms with E-state index in [0.29, 0.717) is 26.2 Å². The zero-order valence-electron chi connectivity index (χ0n) is 23.2. The standard InChI is InChI=1S/C29H23ClN4O8S3/c1-42-20-12-14(2-11-19(20)35)22-23-24(27(38)34(26(23)37)17-7-3-15(30)4-8-17)43-28-25(22)44-29(39)33(28)13-21(36)32-16-5-9-18(10-6-16)45(31,40)41/h2-12,22-24,35H,13H2,1H3,(H,32,36)(H2,31,40,41)/t22-,23+,24-/m0/s1. The van der Waals surface area contributed by atoms with Crippen molar-refractivity contribution >= 4 is 73.8 Å². The highest BCUT2D eigenvalue weighted by molar-refractivity contribution is 8.00. The number of carbonyl (C=O) groups is 3. The number of halogens is 1. The predicted molar refractivity (Wildman–Crippen MR) is 169 cm³/mol. The largest absolute Gasteiger partial charge is 0.504 e. The number of aromatic hydroxyl groups is 1. The number of nitrogens with one attached hydrogen (secondary N) is 1. The number of thioether (sulfide) groups is 1. The molecule has 2 aliphatic heterocycles. The molecule has 0 bridgehead atoms. The van der Waals surface area contributed by atoms with Gasteiger partial charge in [-0.1, -0.05) is 40.8 Å². The van der Waals surface area contributed by atoms with Crippen molar-refractivity contribution < 1.29 is 32.6 Å². The van der Waals surface area contributed by atoms with Crippen LogP contribution < -0.4 is 25.0 Å². The number of ether oxygens (including phenoxy) is 1. The smallest absolute Gasteiger partial charge is 0.308 e. The Labute approximate surface area is 269 Å². The normalized spacial score (nSPS) is 19.3. The monoisotopic (exact) mass is 686 g/mol. The lowest BCUT2D eigenvalue weighted by atomic mass is 9.83. The molecule has 3 amide bonds. The molecule has 0 saturated carbocycles. The molecule has 1 saturated heterocycles. The summed E-state index contributed by atoms with van der Waals surface area (Å²) in [7, 11) is -2.54. The fourth-order valence-electron chi connectivity index (χ4n) is 5.42. The molecule has 12 nitrogen and oxygen atoms in total. The van der Waals surface area contributed by atoms with E-state index in [1.165, 1.54) is 42.0 Å². The third-order valence-corrected chi connectivity index (χ3v) is 11.3. The van der Waals surface area contributed by atoms with Crippen LogP contribution in [-0.2, 0) is 31.0 Å². The molecule has 0 aliphatic carbocycles. The Kier molecular flexibility index (Phi) is 7.99. The Morgan fingerprint density at radius 2 is 1.73 bits per heavy atom. The Bertz CT molecular complexity index is 2030. The lowest BCUT2D eigenvalue weighted by molar-refractivity contribution is -0.122. The van der Waals surface area contributed by atoms with Gasteiger partial charge in [-0.05, 0) is 66.2 Å². The number of anilines is 2. The molecule has 1 fully saturated rings. The molecule has 3 atom stereocenters. The number of phenolic OH excluding ortho intramolecular Hbond substituents is 1. The van der Waals surface area contributed by atoms with Crippen LogP contribution in [0.15, 0.2) is 81.4 Å². The number of fused-ring (bicyclic) bond motifs is 2. The summed E-state index contributed by atoms with van der Waals surface area (Å²) in [5.41, 5.74) is 1.16. The maximum Gasteiger partial charge on any atom is 0.308 e. The van der Waals surface area contributed by atoms with Gasteiger partial charge in [0.1, 0.15) is 11.8 Å². The first-order valence-electron chi connectivity index (χ1n) is 13.2. The third kappa shape index (κ3) is 5.61. The summed E-state index contributed by atoms with van der Waals surface area (Å²) in [5.74, 6) is -3.18. The SMILES string of the molecule is COc1cc([C@@H]2c3sc(=O)n(CC(=O)Nc4ccc(S(N)(=O)=O)cc4)c3S[C@@H]3C(=O)N(c4ccc(Cl)cc4)C(=O)[C@H]23)ccc1O. The summed E-state index contributed by atoms with van der Waals surface area (Å²) in [6.07, 6.45) is 0. The van der Waals surface area contributed by atoms with Gasteiger partial charge < -0.3 is 15.2 Å². The predicted octanol–water partition coefficient (Wildman–Crippen LogP) is 3.36. The van der Waals surface area contributed by atoms with E-state index in [1.54, 1.807) is 36.4 Å². The summed E-state index contributed by atoms with van der Waals surface area (Å²) in [6.45, 7) is -0.416. The number of aromatic nitrogens is 1. The third-order valence-electron chi connectivity index (χ3n) is 7.47. The Balaban J connectivity index is 1.39. The van der Waals surface area contributed by atoms with Gasteiger partial charge in [-0.25, -0.2) is 18.5 Å². The number of phenols is 1. The molecular weight excluding hydrogens is 664 g/mol. The summed E-state index contributed by atoms with van der Waals surface area (Å²) in [4.78, 5) is 55.3. The van der Waals surface area contributed by atoms with Gasteiger partial charge in [0, 0.05) is 21.5 Å². The number of hydrogen-bond acceptors (Lipinski definition) is 10. The molecule has 16 heteroatoms. The Morgan fingerprint density at radius 1 is 1.04 bits per heavy atom. The maximum atomic E-state index is 14.0. The van der Waals surface area contributed by atoms with Gasteiger partial charge in [0.05, 0.1) is 28.6 Å². The first-order chi connectivity index (χ1) is 21.4. The molecule has 2 aliphatic rings. The zero-order valence-corrected chi connectivity index (χ0v) is 26.4. The second-order valence-electron chi connectivity index (χ2n) is 10.2. The Hall–Kier alpha value is -4.15. The molecule has 0 unspecified atom stereocenters. The molecule has 4 N–H and O–H groups in total. The van der Waals surface area contributed by atoms with Gasteiger partial charge in [-0.3, -0.25) is 23.7 Å². The molecule has 45 heavy (non-hydrogen) atoms. The van der Waals surface area contributed by atoms with Crippen molar-refractivity contribution in [1.82, 2.24) is 4.57 Å². The number of thiazole rings is 1. The number of imide groups is 1. The van der Waals surface area contributed by atoms with E-state index < -0.39 is 56.2 Å². The lowest BCUT2D eigenvalue weighted by Gasteiger charge is -2.31. The zero-order chi connectivity index (χ0) is 32.2. The van der Waals surface area contributed by atoms with Gasteiger partial charge in [-0.2, -0.15) is 0 Å². The van der Waals surface area contributed by atoms with Crippen LogP contribution in [-0.4, -0.2) is 48.2 Å². The van der Waals surface area contributed by atoms with E-state index >= 15 is 0 Å². The minimum atomic E-state index is -3.92. The van der Waals surface area contributed by atoms with Crippen LogP contribution in [0, 0.1) is 5.92 Å². The van der Waals surface area contributed by atoms with Gasteiger partial charge in [-0.15, -0.1) is 0 Å². The quantitative estimate of drug-likeness (QED) is 0.246. The van der Waals surface area contributed by atoms with Crippen LogP contribution in [0.5, 0.6) is 11.5 Å². The number of primary sulfonamides is 1. The van der Waals surface area contributed by atoms with Crippen LogP contribution in [0.4, 0.5) is 11.4 Å². The summed E-state index contributed by atoms with van der Waals surface area (Å²) in [6, 6.07) is 16.1. The van der Waals surface area contributed by atoms with Crippen molar-refractivity contribution in [2.75, 3.05) is 17.3 Å². The minimum Gasteiger partial charge on any atom is -0.504 e. The summed E-state index contributed by atoms with van der Waals surface area (Å²) in [5, 5.41) is 17.9. The highest BCUT2D eigenvalue weighted by Gasteiger charge is 2.57. The van der Waals surface area contributed by atoms with E-state index in [-0.39, 0.29) is 22.1 Å². The van der Waals surface area contributed by atoms with Crippen molar-refractivity contribution in [3.8, 4) is 11.5 Å². The fourth-order valence-corrected chi connectivity index (χ4v) is 8.83. The number of hydrogen-bond donors (Lipinski definition) is 3. The first-order valence-corrected chi connectivity index (χ1v) is 16.8. The molecular formula is C29H23ClN4O8S3. The average Bonchev–Trinajstić information content (AvgIpc) is 3.44. The van der Waals surface area contributed by atoms with Crippen molar-refractivity contribution in [3.05, 3.63) is 91.9 Å². The highest BCUT2D eigenvalue weighted by atomic mass is 35.5. The summed E-state index contributed by atoms with van der Waals surface area (Å²) < 4.78 is 29.7. The van der Waals surface area contributed by atoms with Crippen molar-refractivity contribution in [1.29, 1.82) is 0 Å². The number of amides is 3. The first kappa shape index (κ1) is 30.9. The van der Waals surface area contributed by atoms with E-state index in [1.807, 2.05) is 0 Å². The maximum absolute atomic E-state index is 14.0. The number of nitrogens with zero attached hydrogens (tertiary/aromatic N) is 2. The van der Waals surface area contributed by atoms with Gasteiger partial charge in [0.2, 0.25) is 27.7 Å². The molecule has 0 radical (unpaired) electrons. The number of carbonyl (C=O) groups excluding carboxylic acids is 3. The molecule has 4 aromatic rings. The number of rotatable bonds is 7. The van der Waals surface area contributed by atoms with Crippen LogP contribution in [0.1, 0.15) is 16.4 Å². The van der Waals surface area contributed by atoms with E-state index in [2.05, 4.69) is 5.32 Å². The van der Waals surface area contributed by atoms with Crippen molar-refractivity contribution in [2.24, 2.45) is 11.1 Å². The van der Waals surface area contributed by atoms with Gasteiger partial charge >= 0.3 is 4.87 Å². The number of nitrogens with two attached hydrogens (primary N) is 1. The van der Waals surface area contributed by atoms with Crippen LogP contribution >= 0.6 is 34.7 Å². The Morgan fingerprint density at radius 3 is 2.38 bits per heavy atom. The molecule has 3 aromatic carbocycles. The molecule has 1 aromatic heterocycles. The second kappa shape index (κ2) is 11.7. The van der Waals surface area contributed by atoms with Crippen LogP contribution in [0.3, 0.4) is 0 Å². The topological polar surface area (TPSA) is 178 Å². The minimum absolute atomic E-state index is 0.126. The lowest BCUT2D eigenvalue weighted by Crippen LogP contribution is -2.33. The highest BCUT2D eigenvalue weighted by Crippen LogP contribution is 2.54. The van der Waals surface area contributed by atoms with Crippen molar-refractivity contribution in [3.63, 3.8) is 0 Å². The van der Waals surface area contributed by atoms with E-state index in [0.717, 1.165) is 28.0 Å². The van der Waals surface area contributed by atoms with Crippen molar-refractivity contribution in [2.45, 2.75) is 27.6 Å². The second-order valence-corrected chi connectivity index (χ2v) is 14.3. The fraction of sp³-hybridized carbons (Fsp3) is 0.172. The molecule has 6 rings (SSSR count). The molecule has 0 spiro atoms. The van der Waals surface area contributed by atoms with E-state index in [9.17, 15) is 32.7 Å². The number of sulfonamides is 1. The van der Waals surface area contributed by atoms with Crippen LogP contribution in [0.25, 0.3) is 0 Å². The number of benzene rings is 3. The van der Waals surface area contributed by atoms with Crippen LogP contribution in [0.2, 0.25) is 5.02 Å². The van der Waals surface area contributed by atoms with Gasteiger partial charge in [0.15, 0.2) is 11.5 Å². The average molecular weight is 687 g/mol. The molecule has 232 valence electrons. The van der Waals surface area contributed by atoms with E-state index in [4.69, 9.17) is 21.5 Å². The number of methoxy groups -OCH3 is 1. The molecule has 3 heterocycles. The van der Waals surface area contributed by atoms with Gasteiger partial charge in [0.25, 0.3) is 0 Å².